The van der Waals surface area contributed by atoms with Gasteiger partial charge in [0.25, 0.3) is 0 Å². The van der Waals surface area contributed by atoms with E-state index in [1.165, 1.54) is 6.07 Å². The normalized spacial score (nSPS) is 12.2. The maximum atomic E-state index is 13.4. The molecular weight excluding hydrogens is 436 g/mol. The molecule has 5 rings (SSSR count). The molecule has 0 N–H and O–H groups in total. The van der Waals surface area contributed by atoms with Crippen LogP contribution in [0.1, 0.15) is 11.1 Å². The molecule has 0 spiro atoms. The van der Waals surface area contributed by atoms with Crippen molar-refractivity contribution in [3.63, 3.8) is 0 Å². The van der Waals surface area contributed by atoms with Crippen molar-refractivity contribution in [3.05, 3.63) is 129 Å². The fraction of sp³-hybridized carbons (Fsp3) is 0.0645. The van der Waals surface area contributed by atoms with Gasteiger partial charge in [0.2, 0.25) is 0 Å². The fourth-order valence-electron chi connectivity index (χ4n) is 4.14. The molecule has 4 heteroatoms. The molecule has 0 amide bonds. The minimum Gasteiger partial charge on any atom is -0.497 e. The number of rotatable bonds is 5. The van der Waals surface area contributed by atoms with Crippen molar-refractivity contribution in [3.8, 4) is 22.8 Å². The quantitative estimate of drug-likeness (QED) is 0.365. The molecule has 0 saturated heterocycles. The minimum atomic E-state index is -0.164. The van der Waals surface area contributed by atoms with Crippen molar-refractivity contribution in [2.45, 2.75) is 0 Å². The maximum Gasteiger partial charge on any atom is 0.197 e. The van der Waals surface area contributed by atoms with Crippen molar-refractivity contribution < 1.29 is 13.9 Å². The van der Waals surface area contributed by atoms with Crippen molar-refractivity contribution in [2.24, 2.45) is 0 Å². The molecule has 1 aromatic heterocycles. The van der Waals surface area contributed by atoms with E-state index in [1.54, 1.807) is 14.2 Å². The van der Waals surface area contributed by atoms with E-state index in [-0.39, 0.29) is 5.43 Å². The Morgan fingerprint density at radius 1 is 0.714 bits per heavy atom. The number of fused-ring (bicyclic) bond motifs is 1. The molecule has 0 aliphatic heterocycles. The molecule has 35 heavy (non-hydrogen) atoms. The van der Waals surface area contributed by atoms with Gasteiger partial charge in [0.15, 0.2) is 5.43 Å². The van der Waals surface area contributed by atoms with Gasteiger partial charge in [0.1, 0.15) is 28.2 Å². The van der Waals surface area contributed by atoms with Crippen LogP contribution >= 0.6 is 0 Å². The van der Waals surface area contributed by atoms with Gasteiger partial charge in [-0.05, 0) is 58.8 Å². The molecule has 0 radical (unpaired) electrons. The van der Waals surface area contributed by atoms with Crippen LogP contribution < -0.4 is 25.3 Å². The molecule has 0 unspecified atom stereocenters. The number of benzene rings is 4. The van der Waals surface area contributed by atoms with Crippen molar-refractivity contribution >= 4 is 23.1 Å². The van der Waals surface area contributed by atoms with Crippen LogP contribution in [0.25, 0.3) is 34.4 Å². The van der Waals surface area contributed by atoms with E-state index >= 15 is 0 Å². The molecular formula is C31H24O4. The number of methoxy groups -OCH3 is 2. The summed E-state index contributed by atoms with van der Waals surface area (Å²) >= 11 is 0. The van der Waals surface area contributed by atoms with Crippen LogP contribution in [0.3, 0.4) is 0 Å². The highest BCUT2D eigenvalue weighted by Crippen LogP contribution is 2.26. The van der Waals surface area contributed by atoms with Gasteiger partial charge in [-0.25, -0.2) is 0 Å². The maximum absolute atomic E-state index is 13.4. The molecule has 4 aromatic carbocycles. The lowest BCUT2D eigenvalue weighted by atomic mass is 10.0. The van der Waals surface area contributed by atoms with Gasteiger partial charge in [-0.2, -0.15) is 0 Å². The third-order valence-corrected chi connectivity index (χ3v) is 5.86. The Morgan fingerprint density at radius 3 is 1.94 bits per heavy atom. The average Bonchev–Trinajstić information content (AvgIpc) is 2.90. The largest absolute Gasteiger partial charge is 0.497 e. The number of hydrogen-bond acceptors (Lipinski definition) is 4. The summed E-state index contributed by atoms with van der Waals surface area (Å²) in [6.07, 6.45) is 4.10. The lowest BCUT2D eigenvalue weighted by Crippen LogP contribution is -2.28. The third-order valence-electron chi connectivity index (χ3n) is 5.86. The summed E-state index contributed by atoms with van der Waals surface area (Å²) < 4.78 is 17.4. The van der Waals surface area contributed by atoms with Crippen molar-refractivity contribution in [1.82, 2.24) is 0 Å². The van der Waals surface area contributed by atoms with E-state index in [0.717, 1.165) is 32.9 Å². The Hall–Kier alpha value is -4.57. The van der Waals surface area contributed by atoms with Crippen molar-refractivity contribution in [1.29, 1.82) is 0 Å². The molecule has 4 nitrogen and oxygen atoms in total. The molecule has 0 bridgehead atoms. The van der Waals surface area contributed by atoms with Gasteiger partial charge < -0.3 is 13.9 Å². The predicted molar refractivity (Wildman–Crippen MR) is 140 cm³/mol. The third kappa shape index (κ3) is 4.59. The van der Waals surface area contributed by atoms with Gasteiger partial charge in [-0.1, -0.05) is 60.7 Å². The van der Waals surface area contributed by atoms with E-state index in [4.69, 9.17) is 13.9 Å². The summed E-state index contributed by atoms with van der Waals surface area (Å²) in [6, 6.07) is 30.9. The molecule has 1 heterocycles. The first-order chi connectivity index (χ1) is 17.2. The van der Waals surface area contributed by atoms with E-state index in [9.17, 15) is 4.79 Å². The lowest BCUT2D eigenvalue weighted by molar-refractivity contribution is 0.414. The van der Waals surface area contributed by atoms with Gasteiger partial charge in [-0.15, -0.1) is 0 Å². The average molecular weight is 461 g/mol. The predicted octanol–water partition coefficient (Wildman–Crippen LogP) is 5.13. The Morgan fingerprint density at radius 2 is 1.34 bits per heavy atom. The summed E-state index contributed by atoms with van der Waals surface area (Å²) in [6.45, 7) is 0. The summed E-state index contributed by atoms with van der Waals surface area (Å²) in [4.78, 5) is 13.4. The summed E-state index contributed by atoms with van der Waals surface area (Å²) in [5.74, 6) is 1.71. The Bertz CT molecular complexity index is 1650. The summed E-state index contributed by atoms with van der Waals surface area (Å²) in [7, 11) is 3.20. The zero-order chi connectivity index (χ0) is 24.2. The van der Waals surface area contributed by atoms with Crippen LogP contribution in [0.15, 0.2) is 106 Å². The van der Waals surface area contributed by atoms with E-state index in [0.29, 0.717) is 22.5 Å². The second-order valence-electron chi connectivity index (χ2n) is 8.10. The van der Waals surface area contributed by atoms with Crippen LogP contribution in [0.5, 0.6) is 11.5 Å². The molecule has 5 aromatic rings. The second kappa shape index (κ2) is 9.74. The van der Waals surface area contributed by atoms with Crippen LogP contribution in [0.4, 0.5) is 0 Å². The van der Waals surface area contributed by atoms with E-state index < -0.39 is 0 Å². The van der Waals surface area contributed by atoms with Gasteiger partial charge in [0.05, 0.1) is 14.2 Å². The SMILES string of the molecule is COc1ccc(-c2cc(=O)c3c(OC)c(=Cc4ccccc4)c(=Cc4ccccc4)cc3o2)cc1. The van der Waals surface area contributed by atoms with Gasteiger partial charge in [-0.3, -0.25) is 4.79 Å². The van der Waals surface area contributed by atoms with Crippen LogP contribution in [-0.4, -0.2) is 14.2 Å². The molecule has 0 aliphatic rings. The zero-order valence-electron chi connectivity index (χ0n) is 19.5. The Kier molecular flexibility index (Phi) is 6.18. The van der Waals surface area contributed by atoms with E-state index in [2.05, 4.69) is 6.08 Å². The highest BCUT2D eigenvalue weighted by molar-refractivity contribution is 5.86. The smallest absolute Gasteiger partial charge is 0.197 e. The monoisotopic (exact) mass is 460 g/mol. The van der Waals surface area contributed by atoms with Crippen LogP contribution in [0, 0.1) is 0 Å². The highest BCUT2D eigenvalue weighted by Gasteiger charge is 2.14. The highest BCUT2D eigenvalue weighted by atomic mass is 16.5. The summed E-state index contributed by atoms with van der Waals surface area (Å²) in [5, 5.41) is 2.12. The fourth-order valence-corrected chi connectivity index (χ4v) is 4.14. The van der Waals surface area contributed by atoms with E-state index in [1.807, 2.05) is 97.1 Å². The summed E-state index contributed by atoms with van der Waals surface area (Å²) in [5.41, 5.74) is 3.13. The van der Waals surface area contributed by atoms with Gasteiger partial charge >= 0.3 is 0 Å². The van der Waals surface area contributed by atoms with Gasteiger partial charge in [0, 0.05) is 16.8 Å². The minimum absolute atomic E-state index is 0.164. The first-order valence-electron chi connectivity index (χ1n) is 11.3. The Balaban J connectivity index is 1.84. The molecule has 172 valence electrons. The zero-order valence-corrected chi connectivity index (χ0v) is 19.5. The molecule has 0 saturated carbocycles. The second-order valence-corrected chi connectivity index (χ2v) is 8.10. The Labute approximate surface area is 203 Å². The molecule has 0 aliphatic carbocycles. The van der Waals surface area contributed by atoms with Crippen LogP contribution in [0.2, 0.25) is 0 Å². The molecule has 0 fully saturated rings. The first kappa shape index (κ1) is 22.2. The van der Waals surface area contributed by atoms with Crippen LogP contribution in [-0.2, 0) is 0 Å². The number of hydrogen-bond donors (Lipinski definition) is 0. The first-order valence-corrected chi connectivity index (χ1v) is 11.3. The van der Waals surface area contributed by atoms with Crippen molar-refractivity contribution in [2.75, 3.05) is 14.2 Å². The number of ether oxygens (including phenoxy) is 2. The standard InChI is InChI=1S/C31H24O4/c1-33-25-15-13-23(14-16-25)28-20-27(32)30-29(35-28)19-24(17-21-9-5-3-6-10-21)26(31(30)34-2)18-22-11-7-4-8-12-22/h3-20H,1-2H3. The molecule has 0 atom stereocenters. The topological polar surface area (TPSA) is 48.7 Å². The lowest BCUT2D eigenvalue weighted by Gasteiger charge is -2.10.